The van der Waals surface area contributed by atoms with Gasteiger partial charge >= 0.3 is 0 Å². The first-order valence-corrected chi connectivity index (χ1v) is 5.69. The summed E-state index contributed by atoms with van der Waals surface area (Å²) in [7, 11) is 0. The number of rotatable bonds is 2. The van der Waals surface area contributed by atoms with Crippen molar-refractivity contribution in [3.05, 3.63) is 0 Å². The van der Waals surface area contributed by atoms with Gasteiger partial charge in [-0.2, -0.15) is 0 Å². The Morgan fingerprint density at radius 1 is 1.23 bits per heavy atom. The number of hydrogen-bond acceptors (Lipinski definition) is 0. The summed E-state index contributed by atoms with van der Waals surface area (Å²) in [6.07, 6.45) is 2.68. The highest BCUT2D eigenvalue weighted by Gasteiger charge is 2.61. The quantitative estimate of drug-likeness (QED) is 0.590. The molecule has 1 aliphatic rings. The highest BCUT2D eigenvalue weighted by atomic mass is 14.7. The standard InChI is InChI=1S/C13H26/c1-8-11(3,4)13(7)10(2)9-12(13,5)6/h10H,8-9H2,1-7H3. The van der Waals surface area contributed by atoms with Gasteiger partial charge in [0.2, 0.25) is 0 Å². The Kier molecular flexibility index (Phi) is 2.34. The molecule has 2 unspecified atom stereocenters. The van der Waals surface area contributed by atoms with E-state index in [-0.39, 0.29) is 0 Å². The predicted molar refractivity (Wildman–Crippen MR) is 59.7 cm³/mol. The Bertz CT molecular complexity index is 200. The van der Waals surface area contributed by atoms with E-state index in [1.807, 2.05) is 0 Å². The first-order valence-electron chi connectivity index (χ1n) is 5.69. The molecule has 0 saturated heterocycles. The zero-order valence-electron chi connectivity index (χ0n) is 10.5. The van der Waals surface area contributed by atoms with E-state index in [9.17, 15) is 0 Å². The molecule has 78 valence electrons. The lowest BCUT2D eigenvalue weighted by molar-refractivity contribution is -0.180. The van der Waals surface area contributed by atoms with E-state index >= 15 is 0 Å². The Labute approximate surface area is 84.1 Å². The van der Waals surface area contributed by atoms with Gasteiger partial charge in [-0.1, -0.05) is 54.9 Å². The molecule has 13 heavy (non-hydrogen) atoms. The van der Waals surface area contributed by atoms with Gasteiger partial charge in [-0.15, -0.1) is 0 Å². The average molecular weight is 182 g/mol. The van der Waals surface area contributed by atoms with E-state index in [4.69, 9.17) is 0 Å². The largest absolute Gasteiger partial charge is 0.0649 e. The van der Waals surface area contributed by atoms with Crippen LogP contribution in [0.25, 0.3) is 0 Å². The predicted octanol–water partition coefficient (Wildman–Crippen LogP) is 4.49. The van der Waals surface area contributed by atoms with Crippen molar-refractivity contribution >= 4 is 0 Å². The van der Waals surface area contributed by atoms with Crippen LogP contribution in [0, 0.1) is 22.2 Å². The van der Waals surface area contributed by atoms with Gasteiger partial charge in [0.05, 0.1) is 0 Å². The zero-order chi connectivity index (χ0) is 10.5. The smallest absolute Gasteiger partial charge is 0.0197 e. The van der Waals surface area contributed by atoms with E-state index in [2.05, 4.69) is 48.5 Å². The second kappa shape index (κ2) is 2.74. The van der Waals surface area contributed by atoms with Gasteiger partial charge in [-0.25, -0.2) is 0 Å². The first-order chi connectivity index (χ1) is 5.69. The minimum absolute atomic E-state index is 0.480. The minimum Gasteiger partial charge on any atom is -0.0649 e. The highest BCUT2D eigenvalue weighted by Crippen LogP contribution is 2.68. The summed E-state index contributed by atoms with van der Waals surface area (Å²) < 4.78 is 0. The fraction of sp³-hybridized carbons (Fsp3) is 1.00. The van der Waals surface area contributed by atoms with Crippen molar-refractivity contribution in [2.75, 3.05) is 0 Å². The summed E-state index contributed by atoms with van der Waals surface area (Å²) >= 11 is 0. The molecule has 1 rings (SSSR count). The van der Waals surface area contributed by atoms with Crippen LogP contribution < -0.4 is 0 Å². The molecule has 0 aliphatic heterocycles. The Hall–Kier alpha value is 0. The fourth-order valence-corrected chi connectivity index (χ4v) is 3.67. The van der Waals surface area contributed by atoms with Crippen molar-refractivity contribution in [2.24, 2.45) is 22.2 Å². The summed E-state index contributed by atoms with van der Waals surface area (Å²) in [4.78, 5) is 0. The summed E-state index contributed by atoms with van der Waals surface area (Å²) in [6, 6.07) is 0. The minimum atomic E-state index is 0.480. The molecule has 0 heteroatoms. The van der Waals surface area contributed by atoms with Crippen LogP contribution in [0.5, 0.6) is 0 Å². The summed E-state index contributed by atoms with van der Waals surface area (Å²) in [5.41, 5.74) is 1.54. The molecule has 0 aromatic rings. The van der Waals surface area contributed by atoms with Gasteiger partial charge in [0, 0.05) is 0 Å². The van der Waals surface area contributed by atoms with Crippen molar-refractivity contribution in [3.63, 3.8) is 0 Å². The number of hydrogen-bond donors (Lipinski definition) is 0. The van der Waals surface area contributed by atoms with Crippen LogP contribution in [-0.2, 0) is 0 Å². The van der Waals surface area contributed by atoms with Crippen molar-refractivity contribution in [3.8, 4) is 0 Å². The van der Waals surface area contributed by atoms with Crippen LogP contribution in [-0.4, -0.2) is 0 Å². The molecule has 0 bridgehead atoms. The molecule has 1 aliphatic carbocycles. The SMILES string of the molecule is CCC(C)(C)C1(C)C(C)CC1(C)C. The molecule has 0 aromatic carbocycles. The van der Waals surface area contributed by atoms with Crippen molar-refractivity contribution in [1.29, 1.82) is 0 Å². The van der Waals surface area contributed by atoms with Gasteiger partial charge in [0.15, 0.2) is 0 Å². The van der Waals surface area contributed by atoms with E-state index < -0.39 is 0 Å². The molecule has 0 N–H and O–H groups in total. The summed E-state index contributed by atoms with van der Waals surface area (Å²) in [5, 5.41) is 0. The Morgan fingerprint density at radius 2 is 1.69 bits per heavy atom. The topological polar surface area (TPSA) is 0 Å². The van der Waals surface area contributed by atoms with Crippen LogP contribution in [0.1, 0.15) is 61.3 Å². The van der Waals surface area contributed by atoms with Crippen LogP contribution >= 0.6 is 0 Å². The Morgan fingerprint density at radius 3 is 1.85 bits per heavy atom. The second-order valence-electron chi connectivity index (χ2n) is 6.43. The Balaban J connectivity index is 2.99. The monoisotopic (exact) mass is 182 g/mol. The lowest BCUT2D eigenvalue weighted by Crippen LogP contribution is -2.59. The molecule has 0 amide bonds. The van der Waals surface area contributed by atoms with E-state index in [0.29, 0.717) is 16.2 Å². The maximum Gasteiger partial charge on any atom is -0.0197 e. The lowest BCUT2D eigenvalue weighted by atomic mass is 9.38. The lowest BCUT2D eigenvalue weighted by Gasteiger charge is -2.67. The van der Waals surface area contributed by atoms with Gasteiger partial charge in [-0.3, -0.25) is 0 Å². The van der Waals surface area contributed by atoms with Crippen LogP contribution in [0.15, 0.2) is 0 Å². The van der Waals surface area contributed by atoms with Crippen LogP contribution in [0.4, 0.5) is 0 Å². The van der Waals surface area contributed by atoms with Gasteiger partial charge in [-0.05, 0) is 28.6 Å². The van der Waals surface area contributed by atoms with Gasteiger partial charge < -0.3 is 0 Å². The maximum absolute atomic E-state index is 2.49. The molecule has 0 heterocycles. The van der Waals surface area contributed by atoms with Crippen molar-refractivity contribution < 1.29 is 0 Å². The van der Waals surface area contributed by atoms with Crippen molar-refractivity contribution in [1.82, 2.24) is 0 Å². The van der Waals surface area contributed by atoms with Gasteiger partial charge in [0.1, 0.15) is 0 Å². The third-order valence-electron chi connectivity index (χ3n) is 5.50. The molecule has 2 atom stereocenters. The second-order valence-corrected chi connectivity index (χ2v) is 6.43. The van der Waals surface area contributed by atoms with Crippen LogP contribution in [0.3, 0.4) is 0 Å². The molecule has 0 aromatic heterocycles. The fourth-order valence-electron chi connectivity index (χ4n) is 3.67. The van der Waals surface area contributed by atoms with E-state index in [1.54, 1.807) is 0 Å². The molecule has 0 radical (unpaired) electrons. The van der Waals surface area contributed by atoms with E-state index in [0.717, 1.165) is 5.92 Å². The molecule has 1 fully saturated rings. The molecular formula is C13H26. The molecule has 1 saturated carbocycles. The normalized spacial score (nSPS) is 38.5. The molecule has 0 nitrogen and oxygen atoms in total. The first kappa shape index (κ1) is 11.1. The van der Waals surface area contributed by atoms with Crippen LogP contribution in [0.2, 0.25) is 0 Å². The summed E-state index contributed by atoms with van der Waals surface area (Å²) in [6.45, 7) is 17.0. The maximum atomic E-state index is 2.49. The third-order valence-corrected chi connectivity index (χ3v) is 5.50. The summed E-state index contributed by atoms with van der Waals surface area (Å²) in [5.74, 6) is 0.887. The van der Waals surface area contributed by atoms with Crippen molar-refractivity contribution in [2.45, 2.75) is 61.3 Å². The van der Waals surface area contributed by atoms with Gasteiger partial charge in [0.25, 0.3) is 0 Å². The van der Waals surface area contributed by atoms with E-state index in [1.165, 1.54) is 12.8 Å². The average Bonchev–Trinajstić information content (AvgIpc) is 2.02. The zero-order valence-corrected chi connectivity index (χ0v) is 10.5. The third kappa shape index (κ3) is 1.17. The molecular weight excluding hydrogens is 156 g/mol. The highest BCUT2D eigenvalue weighted by molar-refractivity contribution is 5.09. The molecule has 0 spiro atoms.